The van der Waals surface area contributed by atoms with Crippen molar-refractivity contribution in [1.29, 1.82) is 0 Å². The van der Waals surface area contributed by atoms with E-state index >= 15 is 0 Å². The number of carboxylic acid groups (broad SMARTS) is 1. The number of aromatic nitrogens is 2. The van der Waals surface area contributed by atoms with E-state index in [1.54, 1.807) is 0 Å². The van der Waals surface area contributed by atoms with E-state index in [4.69, 9.17) is 5.11 Å². The molecule has 0 bridgehead atoms. The quantitative estimate of drug-likeness (QED) is 0.738. The molecular formula is C12H17N3O2. The fourth-order valence-electron chi connectivity index (χ4n) is 1.81. The molecule has 1 aromatic heterocycles. The molecule has 0 aliphatic heterocycles. The Bertz CT molecular complexity index is 374. The molecule has 2 N–H and O–H groups in total. The molecule has 17 heavy (non-hydrogen) atoms. The third kappa shape index (κ3) is 3.41. The van der Waals surface area contributed by atoms with Crippen LogP contribution in [0.1, 0.15) is 43.7 Å². The van der Waals surface area contributed by atoms with Crippen molar-refractivity contribution >= 4 is 11.8 Å². The van der Waals surface area contributed by atoms with Crippen molar-refractivity contribution in [3.63, 3.8) is 0 Å². The van der Waals surface area contributed by atoms with E-state index in [0.29, 0.717) is 18.9 Å². The molecule has 5 nitrogen and oxygen atoms in total. The zero-order chi connectivity index (χ0) is 12.1. The van der Waals surface area contributed by atoms with Crippen LogP contribution < -0.4 is 5.32 Å². The summed E-state index contributed by atoms with van der Waals surface area (Å²) in [5, 5.41) is 19.8. The minimum atomic E-state index is -0.766. The average molecular weight is 235 g/mol. The number of nitrogens with zero attached hydrogens (tertiary/aromatic N) is 2. The zero-order valence-electron chi connectivity index (χ0n) is 9.72. The predicted molar refractivity (Wildman–Crippen MR) is 64.0 cm³/mol. The summed E-state index contributed by atoms with van der Waals surface area (Å²) < 4.78 is 0. The van der Waals surface area contributed by atoms with Crippen molar-refractivity contribution in [3.8, 4) is 0 Å². The summed E-state index contributed by atoms with van der Waals surface area (Å²) in [6, 6.07) is 3.93. The van der Waals surface area contributed by atoms with E-state index in [9.17, 15) is 4.79 Å². The predicted octanol–water partition coefficient (Wildman–Crippen LogP) is 2.02. The first-order valence-corrected chi connectivity index (χ1v) is 6.05. The highest BCUT2D eigenvalue weighted by atomic mass is 16.4. The van der Waals surface area contributed by atoms with Crippen LogP contribution in [0, 0.1) is 0 Å². The van der Waals surface area contributed by atoms with E-state index in [1.165, 1.54) is 19.3 Å². The van der Waals surface area contributed by atoms with Gasteiger partial charge in [0.2, 0.25) is 0 Å². The van der Waals surface area contributed by atoms with Crippen LogP contribution in [0.15, 0.2) is 12.1 Å². The van der Waals surface area contributed by atoms with E-state index in [-0.39, 0.29) is 6.42 Å². The van der Waals surface area contributed by atoms with Gasteiger partial charge in [0.05, 0.1) is 5.69 Å². The number of hydrogen-bond acceptors (Lipinski definition) is 4. The van der Waals surface area contributed by atoms with Gasteiger partial charge in [-0.25, -0.2) is 0 Å². The number of carbonyl (C=O) groups is 1. The van der Waals surface area contributed by atoms with Crippen molar-refractivity contribution in [2.24, 2.45) is 0 Å². The molecule has 2 rings (SSSR count). The van der Waals surface area contributed by atoms with Crippen molar-refractivity contribution in [2.75, 3.05) is 11.9 Å². The lowest BCUT2D eigenvalue weighted by molar-refractivity contribution is -0.137. The van der Waals surface area contributed by atoms with Crippen LogP contribution in [-0.4, -0.2) is 27.8 Å². The number of rotatable bonds is 6. The van der Waals surface area contributed by atoms with Crippen LogP contribution in [0.4, 0.5) is 5.82 Å². The van der Waals surface area contributed by atoms with Gasteiger partial charge in [-0.2, -0.15) is 5.10 Å². The van der Waals surface area contributed by atoms with Crippen molar-refractivity contribution in [2.45, 2.75) is 38.0 Å². The molecule has 0 aromatic carbocycles. The molecule has 0 amide bonds. The fourth-order valence-corrected chi connectivity index (χ4v) is 1.81. The Morgan fingerprint density at radius 2 is 2.24 bits per heavy atom. The third-order valence-electron chi connectivity index (χ3n) is 3.08. The lowest BCUT2D eigenvalue weighted by Gasteiger charge is -2.24. The molecule has 0 radical (unpaired) electrons. The molecule has 0 unspecified atom stereocenters. The van der Waals surface area contributed by atoms with Crippen molar-refractivity contribution in [3.05, 3.63) is 17.8 Å². The molecule has 1 aromatic rings. The van der Waals surface area contributed by atoms with Crippen LogP contribution >= 0.6 is 0 Å². The zero-order valence-corrected chi connectivity index (χ0v) is 9.72. The molecule has 0 saturated heterocycles. The van der Waals surface area contributed by atoms with Gasteiger partial charge in [-0.3, -0.25) is 4.79 Å². The van der Waals surface area contributed by atoms with E-state index in [0.717, 1.165) is 11.5 Å². The van der Waals surface area contributed by atoms with E-state index < -0.39 is 5.97 Å². The normalized spacial score (nSPS) is 15.3. The second-order valence-electron chi connectivity index (χ2n) is 4.40. The molecule has 0 spiro atoms. The topological polar surface area (TPSA) is 75.1 Å². The van der Waals surface area contributed by atoms with Crippen LogP contribution in [0.2, 0.25) is 0 Å². The second-order valence-corrected chi connectivity index (χ2v) is 4.40. The fraction of sp³-hybridized carbons (Fsp3) is 0.583. The Kier molecular flexibility index (Phi) is 3.90. The molecule has 1 aliphatic rings. The summed E-state index contributed by atoms with van der Waals surface area (Å²) in [4.78, 5) is 10.3. The van der Waals surface area contributed by atoms with Gasteiger partial charge in [-0.15, -0.1) is 5.10 Å². The highest BCUT2D eigenvalue weighted by Gasteiger charge is 2.20. The van der Waals surface area contributed by atoms with Gasteiger partial charge < -0.3 is 10.4 Å². The maximum absolute atomic E-state index is 10.3. The van der Waals surface area contributed by atoms with Gasteiger partial charge in [-0.05, 0) is 31.4 Å². The minimum Gasteiger partial charge on any atom is -0.481 e. The summed E-state index contributed by atoms with van der Waals surface area (Å²) in [7, 11) is 0. The molecule has 92 valence electrons. The molecule has 5 heteroatoms. The van der Waals surface area contributed by atoms with Gasteiger partial charge in [-0.1, -0.05) is 6.42 Å². The van der Waals surface area contributed by atoms with Gasteiger partial charge in [0.25, 0.3) is 0 Å². The number of anilines is 1. The summed E-state index contributed by atoms with van der Waals surface area (Å²) in [6.07, 6.45) is 4.52. The summed E-state index contributed by atoms with van der Waals surface area (Å²) in [5.74, 6) is 0.556. The lowest BCUT2D eigenvalue weighted by atomic mass is 9.83. The number of aliphatic carboxylic acids is 1. The van der Waals surface area contributed by atoms with Crippen molar-refractivity contribution in [1.82, 2.24) is 10.2 Å². The Labute approximate surface area is 100 Å². The number of hydrogen-bond donors (Lipinski definition) is 2. The molecule has 1 saturated carbocycles. The number of nitrogens with one attached hydrogen (secondary N) is 1. The lowest BCUT2D eigenvalue weighted by Crippen LogP contribution is -2.12. The summed E-state index contributed by atoms with van der Waals surface area (Å²) in [5.41, 5.74) is 1.08. The standard InChI is InChI=1S/C12H17N3O2/c16-12(17)5-2-8-13-11-7-6-10(14-15-11)9-3-1-4-9/h6-7,9H,1-5,8H2,(H,13,15)(H,16,17). The first-order chi connectivity index (χ1) is 8.25. The smallest absolute Gasteiger partial charge is 0.303 e. The Morgan fingerprint density at radius 3 is 2.76 bits per heavy atom. The van der Waals surface area contributed by atoms with Crippen LogP contribution in [-0.2, 0) is 4.79 Å². The van der Waals surface area contributed by atoms with Crippen LogP contribution in [0.25, 0.3) is 0 Å². The van der Waals surface area contributed by atoms with Gasteiger partial charge in [0.15, 0.2) is 0 Å². The summed E-state index contributed by atoms with van der Waals surface area (Å²) >= 11 is 0. The van der Waals surface area contributed by atoms with Gasteiger partial charge in [0.1, 0.15) is 5.82 Å². The maximum atomic E-state index is 10.3. The van der Waals surface area contributed by atoms with Crippen LogP contribution in [0.3, 0.4) is 0 Å². The molecule has 1 heterocycles. The summed E-state index contributed by atoms with van der Waals surface area (Å²) in [6.45, 7) is 0.615. The first-order valence-electron chi connectivity index (χ1n) is 6.05. The number of carboxylic acids is 1. The molecular weight excluding hydrogens is 218 g/mol. The van der Waals surface area contributed by atoms with Gasteiger partial charge >= 0.3 is 5.97 Å². The maximum Gasteiger partial charge on any atom is 0.303 e. The Morgan fingerprint density at radius 1 is 1.41 bits per heavy atom. The largest absolute Gasteiger partial charge is 0.481 e. The minimum absolute atomic E-state index is 0.181. The molecule has 1 aliphatic carbocycles. The monoisotopic (exact) mass is 235 g/mol. The van der Waals surface area contributed by atoms with E-state index in [2.05, 4.69) is 15.5 Å². The van der Waals surface area contributed by atoms with Gasteiger partial charge in [0, 0.05) is 18.9 Å². The third-order valence-corrected chi connectivity index (χ3v) is 3.08. The highest BCUT2D eigenvalue weighted by molar-refractivity contribution is 5.66. The molecule has 0 atom stereocenters. The SMILES string of the molecule is O=C(O)CCCNc1ccc(C2CCC2)nn1. The van der Waals surface area contributed by atoms with Crippen LogP contribution in [0.5, 0.6) is 0 Å². The van der Waals surface area contributed by atoms with E-state index in [1.807, 2.05) is 12.1 Å². The average Bonchev–Trinajstić information content (AvgIpc) is 2.24. The Balaban J connectivity index is 1.75. The first kappa shape index (κ1) is 11.8. The Hall–Kier alpha value is -1.65. The second kappa shape index (κ2) is 5.61. The molecule has 1 fully saturated rings. The van der Waals surface area contributed by atoms with Crippen molar-refractivity contribution < 1.29 is 9.90 Å². The highest BCUT2D eigenvalue weighted by Crippen LogP contribution is 2.34.